The van der Waals surface area contributed by atoms with Gasteiger partial charge in [-0.25, -0.2) is 0 Å². The van der Waals surface area contributed by atoms with Crippen molar-refractivity contribution in [2.24, 2.45) is 0 Å². The minimum atomic E-state index is 0.513. The molecule has 1 rings (SSSR count). The van der Waals surface area contributed by atoms with Gasteiger partial charge < -0.3 is 10.1 Å². The van der Waals surface area contributed by atoms with Gasteiger partial charge in [0.25, 0.3) is 0 Å². The maximum Gasteiger partial charge on any atom is 0.122 e. The van der Waals surface area contributed by atoms with Crippen LogP contribution in [0.25, 0.3) is 0 Å². The third kappa shape index (κ3) is 3.53. The van der Waals surface area contributed by atoms with Gasteiger partial charge in [-0.3, -0.25) is 0 Å². The van der Waals surface area contributed by atoms with Crippen molar-refractivity contribution in [3.63, 3.8) is 0 Å². The fraction of sp³-hybridized carbons (Fsp3) is 0.571. The van der Waals surface area contributed by atoms with Crippen LogP contribution >= 0.6 is 0 Å². The predicted octanol–water partition coefficient (Wildman–Crippen LogP) is 2.97. The van der Waals surface area contributed by atoms with Gasteiger partial charge in [0.2, 0.25) is 0 Å². The molecule has 16 heavy (non-hydrogen) atoms. The third-order valence-corrected chi connectivity index (χ3v) is 2.81. The van der Waals surface area contributed by atoms with Crippen LogP contribution in [0.3, 0.4) is 0 Å². The molecule has 0 fully saturated rings. The van der Waals surface area contributed by atoms with Gasteiger partial charge in [-0.1, -0.05) is 26.0 Å². The smallest absolute Gasteiger partial charge is 0.122 e. The molecule has 0 saturated carbocycles. The van der Waals surface area contributed by atoms with Crippen molar-refractivity contribution >= 4 is 0 Å². The van der Waals surface area contributed by atoms with E-state index in [0.717, 1.165) is 18.7 Å². The zero-order valence-electron chi connectivity index (χ0n) is 10.8. The van der Waals surface area contributed by atoms with Gasteiger partial charge in [0.1, 0.15) is 5.75 Å². The Morgan fingerprint density at radius 3 is 2.62 bits per heavy atom. The predicted molar refractivity (Wildman–Crippen MR) is 69.3 cm³/mol. The van der Waals surface area contributed by atoms with Gasteiger partial charge in [0, 0.05) is 0 Å². The first kappa shape index (κ1) is 13.0. The molecule has 2 nitrogen and oxygen atoms in total. The van der Waals surface area contributed by atoms with Gasteiger partial charge in [-0.05, 0) is 49.5 Å². The average Bonchev–Trinajstić information content (AvgIpc) is 2.29. The summed E-state index contributed by atoms with van der Waals surface area (Å²) in [5.41, 5.74) is 2.71. The lowest BCUT2D eigenvalue weighted by molar-refractivity contribution is 0.407. The molecule has 0 atom stereocenters. The average molecular weight is 221 g/mol. The molecule has 0 saturated heterocycles. The van der Waals surface area contributed by atoms with Crippen molar-refractivity contribution in [1.82, 2.24) is 5.32 Å². The topological polar surface area (TPSA) is 21.3 Å². The van der Waals surface area contributed by atoms with Crippen molar-refractivity contribution in [2.45, 2.75) is 32.6 Å². The van der Waals surface area contributed by atoms with E-state index in [-0.39, 0.29) is 0 Å². The van der Waals surface area contributed by atoms with Gasteiger partial charge in [0.15, 0.2) is 0 Å². The van der Waals surface area contributed by atoms with Crippen molar-refractivity contribution < 1.29 is 4.74 Å². The molecule has 2 heteroatoms. The molecule has 1 aromatic carbocycles. The summed E-state index contributed by atoms with van der Waals surface area (Å²) in [7, 11) is 3.73. The van der Waals surface area contributed by atoms with E-state index in [0.29, 0.717) is 5.92 Å². The van der Waals surface area contributed by atoms with E-state index in [1.807, 2.05) is 7.05 Å². The van der Waals surface area contributed by atoms with Gasteiger partial charge in [-0.2, -0.15) is 0 Å². The van der Waals surface area contributed by atoms with E-state index >= 15 is 0 Å². The van der Waals surface area contributed by atoms with Crippen molar-refractivity contribution in [2.75, 3.05) is 20.7 Å². The number of ether oxygens (including phenoxy) is 1. The second kappa shape index (κ2) is 6.54. The summed E-state index contributed by atoms with van der Waals surface area (Å²) in [6, 6.07) is 6.53. The summed E-state index contributed by atoms with van der Waals surface area (Å²) in [5, 5.41) is 3.17. The maximum atomic E-state index is 5.37. The Hall–Kier alpha value is -1.02. The summed E-state index contributed by atoms with van der Waals surface area (Å²) in [5.74, 6) is 1.52. The Balaban J connectivity index is 2.77. The van der Waals surface area contributed by atoms with E-state index in [1.54, 1.807) is 7.11 Å². The van der Waals surface area contributed by atoms with E-state index in [4.69, 9.17) is 4.74 Å². The fourth-order valence-electron chi connectivity index (χ4n) is 1.86. The van der Waals surface area contributed by atoms with Crippen LogP contribution in [0.4, 0.5) is 0 Å². The van der Waals surface area contributed by atoms with E-state index in [1.165, 1.54) is 17.5 Å². The summed E-state index contributed by atoms with van der Waals surface area (Å²) in [6.07, 6.45) is 2.31. The van der Waals surface area contributed by atoms with Crippen LogP contribution in [0.15, 0.2) is 18.2 Å². The zero-order chi connectivity index (χ0) is 12.0. The van der Waals surface area contributed by atoms with Crippen LogP contribution in [0, 0.1) is 0 Å². The zero-order valence-corrected chi connectivity index (χ0v) is 10.8. The van der Waals surface area contributed by atoms with E-state index in [9.17, 15) is 0 Å². The molecule has 1 N–H and O–H groups in total. The highest BCUT2D eigenvalue weighted by atomic mass is 16.5. The van der Waals surface area contributed by atoms with Crippen molar-refractivity contribution in [3.05, 3.63) is 29.3 Å². The Morgan fingerprint density at radius 1 is 1.31 bits per heavy atom. The highest BCUT2D eigenvalue weighted by Gasteiger charge is 2.07. The highest BCUT2D eigenvalue weighted by molar-refractivity contribution is 5.39. The largest absolute Gasteiger partial charge is 0.496 e. The van der Waals surface area contributed by atoms with Crippen molar-refractivity contribution in [3.8, 4) is 5.75 Å². The Bertz CT molecular complexity index is 321. The number of rotatable bonds is 6. The second-order valence-electron chi connectivity index (χ2n) is 4.44. The van der Waals surface area contributed by atoms with Crippen LogP contribution in [-0.4, -0.2) is 20.7 Å². The molecule has 0 aliphatic carbocycles. The standard InChI is InChI=1S/C14H23NO/c1-11(2)13-10-12(6-5-9-15-3)7-8-14(13)16-4/h7-8,10-11,15H,5-6,9H2,1-4H3. The Morgan fingerprint density at radius 2 is 2.06 bits per heavy atom. The molecule has 0 radical (unpaired) electrons. The lowest BCUT2D eigenvalue weighted by Crippen LogP contribution is -2.08. The Kier molecular flexibility index (Phi) is 5.33. The second-order valence-corrected chi connectivity index (χ2v) is 4.44. The number of hydrogen-bond acceptors (Lipinski definition) is 2. The van der Waals surface area contributed by atoms with Crippen LogP contribution in [0.5, 0.6) is 5.75 Å². The van der Waals surface area contributed by atoms with Gasteiger partial charge in [0.05, 0.1) is 7.11 Å². The third-order valence-electron chi connectivity index (χ3n) is 2.81. The fourth-order valence-corrected chi connectivity index (χ4v) is 1.86. The molecular weight excluding hydrogens is 198 g/mol. The van der Waals surface area contributed by atoms with Crippen LogP contribution < -0.4 is 10.1 Å². The molecule has 1 aromatic rings. The lowest BCUT2D eigenvalue weighted by atomic mass is 9.98. The first-order valence-electron chi connectivity index (χ1n) is 6.00. The summed E-state index contributed by atoms with van der Waals surface area (Å²) >= 11 is 0. The molecule has 0 aliphatic heterocycles. The molecule has 0 spiro atoms. The van der Waals surface area contributed by atoms with Gasteiger partial charge >= 0.3 is 0 Å². The number of benzene rings is 1. The minimum Gasteiger partial charge on any atom is -0.496 e. The number of methoxy groups -OCH3 is 1. The monoisotopic (exact) mass is 221 g/mol. The maximum absolute atomic E-state index is 5.37. The molecular formula is C14H23NO. The van der Waals surface area contributed by atoms with Crippen LogP contribution in [0.2, 0.25) is 0 Å². The first-order valence-corrected chi connectivity index (χ1v) is 6.00. The number of hydrogen-bond donors (Lipinski definition) is 1. The molecule has 0 amide bonds. The molecule has 0 aliphatic rings. The van der Waals surface area contributed by atoms with Crippen LogP contribution in [-0.2, 0) is 6.42 Å². The van der Waals surface area contributed by atoms with E-state index < -0.39 is 0 Å². The number of aryl methyl sites for hydroxylation is 1. The van der Waals surface area contributed by atoms with Crippen LogP contribution in [0.1, 0.15) is 37.3 Å². The van der Waals surface area contributed by atoms with Gasteiger partial charge in [-0.15, -0.1) is 0 Å². The number of nitrogens with one attached hydrogen (secondary N) is 1. The molecule has 0 bridgehead atoms. The normalized spacial score (nSPS) is 10.8. The molecule has 90 valence electrons. The van der Waals surface area contributed by atoms with E-state index in [2.05, 4.69) is 37.4 Å². The lowest BCUT2D eigenvalue weighted by Gasteiger charge is -2.13. The van der Waals surface area contributed by atoms with Crippen molar-refractivity contribution in [1.29, 1.82) is 0 Å². The molecule has 0 heterocycles. The summed E-state index contributed by atoms with van der Waals surface area (Å²) in [6.45, 7) is 5.48. The first-order chi connectivity index (χ1) is 7.69. The summed E-state index contributed by atoms with van der Waals surface area (Å²) < 4.78 is 5.37. The molecule has 0 unspecified atom stereocenters. The Labute approximate surface area is 99.0 Å². The quantitative estimate of drug-likeness (QED) is 0.746. The minimum absolute atomic E-state index is 0.513. The summed E-state index contributed by atoms with van der Waals surface area (Å²) in [4.78, 5) is 0. The highest BCUT2D eigenvalue weighted by Crippen LogP contribution is 2.27. The molecule has 0 aromatic heterocycles. The SMILES string of the molecule is CNCCCc1ccc(OC)c(C(C)C)c1.